The zero-order chi connectivity index (χ0) is 16.7. The molecule has 1 aromatic carbocycles. The van der Waals surface area contributed by atoms with Crippen LogP contribution in [0.5, 0.6) is 5.75 Å². The van der Waals surface area contributed by atoms with Gasteiger partial charge in [-0.25, -0.2) is 4.39 Å². The number of halogens is 2. The number of hydrogen-bond acceptors (Lipinski definition) is 3. The predicted molar refractivity (Wildman–Crippen MR) is 78.9 cm³/mol. The minimum absolute atomic E-state index is 0.00976. The Morgan fingerprint density at radius 3 is 2.70 bits per heavy atom. The molecule has 0 unspecified atom stereocenters. The smallest absolute Gasteiger partial charge is 0.303 e. The fourth-order valence-corrected chi connectivity index (χ4v) is 2.73. The monoisotopic (exact) mass is 323 g/mol. The molecule has 23 heavy (non-hydrogen) atoms. The van der Waals surface area contributed by atoms with Gasteiger partial charge in [0.2, 0.25) is 5.82 Å². The maximum atomic E-state index is 14.0. The van der Waals surface area contributed by atoms with Crippen molar-refractivity contribution < 1.29 is 23.4 Å². The van der Waals surface area contributed by atoms with E-state index < -0.39 is 23.0 Å². The van der Waals surface area contributed by atoms with Gasteiger partial charge in [-0.3, -0.25) is 9.59 Å². The summed E-state index contributed by atoms with van der Waals surface area (Å²) in [4.78, 5) is 23.3. The molecular formula is C16H15F2NO4. The highest BCUT2D eigenvalue weighted by Crippen LogP contribution is 2.40. The Balaban J connectivity index is 2.31. The molecule has 1 aliphatic carbocycles. The van der Waals surface area contributed by atoms with Crippen molar-refractivity contribution in [1.82, 2.24) is 4.57 Å². The van der Waals surface area contributed by atoms with Crippen LogP contribution in [-0.4, -0.2) is 22.8 Å². The Hall–Kier alpha value is -2.44. The number of aromatic nitrogens is 1. The van der Waals surface area contributed by atoms with Crippen LogP contribution in [0.3, 0.4) is 0 Å². The maximum absolute atomic E-state index is 14.0. The molecule has 5 nitrogen and oxygen atoms in total. The number of pyridine rings is 1. The number of benzene rings is 1. The van der Waals surface area contributed by atoms with Crippen LogP contribution in [0, 0.1) is 11.6 Å². The summed E-state index contributed by atoms with van der Waals surface area (Å²) < 4.78 is 34.4. The molecule has 3 rings (SSSR count). The van der Waals surface area contributed by atoms with E-state index in [0.717, 1.165) is 18.9 Å². The number of aryl methyl sites for hydroxylation is 1. The van der Waals surface area contributed by atoms with Gasteiger partial charge in [-0.05, 0) is 25.3 Å². The van der Waals surface area contributed by atoms with Gasteiger partial charge in [-0.15, -0.1) is 0 Å². The van der Waals surface area contributed by atoms with Gasteiger partial charge in [-0.2, -0.15) is 4.39 Å². The van der Waals surface area contributed by atoms with E-state index >= 15 is 0 Å². The van der Waals surface area contributed by atoms with E-state index in [9.17, 15) is 18.4 Å². The molecule has 0 amide bonds. The highest BCUT2D eigenvalue weighted by Gasteiger charge is 2.29. The van der Waals surface area contributed by atoms with E-state index in [1.807, 2.05) is 0 Å². The van der Waals surface area contributed by atoms with Crippen molar-refractivity contribution in [3.63, 3.8) is 0 Å². The Morgan fingerprint density at radius 2 is 2.13 bits per heavy atom. The number of ether oxygens (including phenoxy) is 1. The second kappa shape index (κ2) is 5.64. The molecule has 1 saturated carbocycles. The summed E-state index contributed by atoms with van der Waals surface area (Å²) in [5.74, 6) is -3.62. The van der Waals surface area contributed by atoms with Crippen molar-refractivity contribution in [2.75, 3.05) is 7.11 Å². The number of carbonyl (C=O) groups is 1. The Bertz CT molecular complexity index is 856. The molecule has 0 aliphatic heterocycles. The molecule has 0 bridgehead atoms. The van der Waals surface area contributed by atoms with E-state index in [1.165, 1.54) is 7.11 Å². The van der Waals surface area contributed by atoms with E-state index in [2.05, 4.69) is 0 Å². The third-order valence-electron chi connectivity index (χ3n) is 3.99. The van der Waals surface area contributed by atoms with Gasteiger partial charge in [0.1, 0.15) is 0 Å². The van der Waals surface area contributed by atoms with Crippen molar-refractivity contribution in [2.45, 2.75) is 31.7 Å². The highest BCUT2D eigenvalue weighted by atomic mass is 19.2. The van der Waals surface area contributed by atoms with Crippen LogP contribution >= 0.6 is 0 Å². The van der Waals surface area contributed by atoms with Gasteiger partial charge in [-0.1, -0.05) is 0 Å². The first-order valence-corrected chi connectivity index (χ1v) is 7.25. The molecule has 1 N–H and O–H groups in total. The van der Waals surface area contributed by atoms with Gasteiger partial charge in [0.15, 0.2) is 17.0 Å². The summed E-state index contributed by atoms with van der Waals surface area (Å²) in [6.07, 6.45) is 3.10. The molecule has 0 spiro atoms. The molecule has 0 radical (unpaired) electrons. The summed E-state index contributed by atoms with van der Waals surface area (Å²) in [5.41, 5.74) is 0.00758. The fourth-order valence-electron chi connectivity index (χ4n) is 2.73. The van der Waals surface area contributed by atoms with Gasteiger partial charge in [0.05, 0.1) is 18.0 Å². The minimum Gasteiger partial charge on any atom is -0.491 e. The van der Waals surface area contributed by atoms with Gasteiger partial charge < -0.3 is 14.4 Å². The van der Waals surface area contributed by atoms with Crippen LogP contribution in [-0.2, 0) is 11.2 Å². The van der Waals surface area contributed by atoms with Crippen LogP contribution in [0.4, 0.5) is 8.78 Å². The summed E-state index contributed by atoms with van der Waals surface area (Å²) in [6, 6.07) is 0.944. The van der Waals surface area contributed by atoms with Gasteiger partial charge >= 0.3 is 5.97 Å². The normalized spacial score (nSPS) is 14.2. The zero-order valence-corrected chi connectivity index (χ0v) is 12.4. The molecule has 122 valence electrons. The molecule has 2 aromatic rings. The number of fused-ring (bicyclic) bond motifs is 1. The molecule has 1 aliphatic rings. The summed E-state index contributed by atoms with van der Waals surface area (Å²) in [7, 11) is 1.22. The van der Waals surface area contributed by atoms with Crippen molar-refractivity contribution >= 4 is 16.9 Å². The van der Waals surface area contributed by atoms with Crippen LogP contribution < -0.4 is 10.2 Å². The van der Waals surface area contributed by atoms with Crippen LogP contribution in [0.15, 0.2) is 17.1 Å². The average Bonchev–Trinajstić information content (AvgIpc) is 3.33. The summed E-state index contributed by atoms with van der Waals surface area (Å²) in [6.45, 7) is 0. The first-order valence-electron chi connectivity index (χ1n) is 7.25. The lowest BCUT2D eigenvalue weighted by molar-refractivity contribution is -0.136. The molecule has 1 aromatic heterocycles. The number of carboxylic acid groups (broad SMARTS) is 1. The zero-order valence-electron chi connectivity index (χ0n) is 12.4. The lowest BCUT2D eigenvalue weighted by atomic mass is 10.1. The summed E-state index contributed by atoms with van der Waals surface area (Å²) in [5, 5.41) is 8.80. The molecule has 1 heterocycles. The van der Waals surface area contributed by atoms with Crippen molar-refractivity contribution in [3.8, 4) is 5.75 Å². The first kappa shape index (κ1) is 15.5. The second-order valence-electron chi connectivity index (χ2n) is 5.62. The predicted octanol–water partition coefficient (Wildman–Crippen LogP) is 2.64. The lowest BCUT2D eigenvalue weighted by Gasteiger charge is -2.16. The third kappa shape index (κ3) is 2.67. The lowest BCUT2D eigenvalue weighted by Crippen LogP contribution is -2.17. The standard InChI is InChI=1S/C16H15F2NO4/c1-23-16-13(18)11(17)6-10-14(16)19(9-3-4-9)7-8(15(10)22)2-5-12(20)21/h6-7,9H,2-5H2,1H3,(H,20,21). The topological polar surface area (TPSA) is 68.5 Å². The maximum Gasteiger partial charge on any atom is 0.303 e. The molecule has 7 heteroatoms. The van der Waals surface area contributed by atoms with Crippen LogP contribution in [0.2, 0.25) is 0 Å². The van der Waals surface area contributed by atoms with Gasteiger partial charge in [0.25, 0.3) is 0 Å². The molecule has 1 fully saturated rings. The molecule has 0 saturated heterocycles. The van der Waals surface area contributed by atoms with E-state index in [1.54, 1.807) is 10.8 Å². The minimum atomic E-state index is -1.16. The molecule has 0 atom stereocenters. The van der Waals surface area contributed by atoms with E-state index in [-0.39, 0.29) is 41.1 Å². The number of rotatable bonds is 5. The number of nitrogens with zero attached hydrogens (tertiary/aromatic N) is 1. The van der Waals surface area contributed by atoms with Crippen LogP contribution in [0.25, 0.3) is 10.9 Å². The molecular weight excluding hydrogens is 308 g/mol. The van der Waals surface area contributed by atoms with Crippen molar-refractivity contribution in [2.24, 2.45) is 0 Å². The van der Waals surface area contributed by atoms with Crippen molar-refractivity contribution in [1.29, 1.82) is 0 Å². The third-order valence-corrected chi connectivity index (χ3v) is 3.99. The van der Waals surface area contributed by atoms with E-state index in [4.69, 9.17) is 9.84 Å². The number of methoxy groups -OCH3 is 1. The van der Waals surface area contributed by atoms with Crippen molar-refractivity contribution in [3.05, 3.63) is 39.7 Å². The first-order chi connectivity index (χ1) is 10.9. The number of aliphatic carboxylic acids is 1. The number of carboxylic acids is 1. The second-order valence-corrected chi connectivity index (χ2v) is 5.62. The Kier molecular flexibility index (Phi) is 3.79. The largest absolute Gasteiger partial charge is 0.491 e. The quantitative estimate of drug-likeness (QED) is 0.918. The SMILES string of the molecule is COc1c(F)c(F)cc2c(=O)c(CCC(=O)O)cn(C3CC3)c12. The van der Waals surface area contributed by atoms with Crippen LogP contribution in [0.1, 0.15) is 30.9 Å². The van der Waals surface area contributed by atoms with E-state index in [0.29, 0.717) is 0 Å². The van der Waals surface area contributed by atoms with Gasteiger partial charge in [0, 0.05) is 24.2 Å². The fraction of sp³-hybridized carbons (Fsp3) is 0.375. The Labute approximate surface area is 130 Å². The average molecular weight is 323 g/mol. The summed E-state index contributed by atoms with van der Waals surface area (Å²) >= 11 is 0. The Morgan fingerprint density at radius 1 is 1.43 bits per heavy atom. The highest BCUT2D eigenvalue weighted by molar-refractivity contribution is 5.86. The number of hydrogen-bond donors (Lipinski definition) is 1.